The molecule has 10 heteroatoms. The quantitative estimate of drug-likeness (QED) is 0.550. The van der Waals surface area contributed by atoms with Gasteiger partial charge in [-0.2, -0.15) is 0 Å². The molecule has 9 nitrogen and oxygen atoms in total. The van der Waals surface area contributed by atoms with Gasteiger partial charge in [0.2, 0.25) is 0 Å². The van der Waals surface area contributed by atoms with Crippen molar-refractivity contribution in [2.24, 2.45) is 0 Å². The van der Waals surface area contributed by atoms with E-state index < -0.39 is 29.6 Å². The fraction of sp³-hybridized carbons (Fsp3) is 0.421. The van der Waals surface area contributed by atoms with E-state index in [1.54, 1.807) is 31.2 Å². The second-order valence-electron chi connectivity index (χ2n) is 7.06. The first kappa shape index (κ1) is 21.4. The average molecular weight is 420 g/mol. The molecule has 2 heterocycles. The maximum atomic E-state index is 12.3. The first-order chi connectivity index (χ1) is 13.8. The molecule has 1 aliphatic rings. The van der Waals surface area contributed by atoms with Gasteiger partial charge in [-0.05, 0) is 33.2 Å². The van der Waals surface area contributed by atoms with E-state index in [1.165, 1.54) is 10.8 Å². The Morgan fingerprint density at radius 3 is 2.69 bits per heavy atom. The molecule has 2 aromatic rings. The summed E-state index contributed by atoms with van der Waals surface area (Å²) in [7, 11) is 4.30. The highest BCUT2D eigenvalue weighted by atomic mass is 31.1. The Bertz CT molecular complexity index is 959. The number of esters is 1. The number of hydrogen-bond acceptors (Lipinski definition) is 7. The van der Waals surface area contributed by atoms with Crippen molar-refractivity contribution in [3.8, 4) is 0 Å². The first-order valence-corrected chi connectivity index (χ1v) is 10.1. The molecule has 29 heavy (non-hydrogen) atoms. The molecule has 1 N–H and O–H groups in total. The third kappa shape index (κ3) is 5.61. The van der Waals surface area contributed by atoms with E-state index in [1.807, 2.05) is 24.8 Å². The van der Waals surface area contributed by atoms with Gasteiger partial charge < -0.3 is 9.47 Å². The van der Waals surface area contributed by atoms with Crippen molar-refractivity contribution in [3.63, 3.8) is 0 Å². The maximum absolute atomic E-state index is 12.3. The molecule has 0 saturated carbocycles. The Labute approximate surface area is 170 Å². The van der Waals surface area contributed by atoms with Crippen molar-refractivity contribution in [3.05, 3.63) is 68.5 Å². The molecule has 0 bridgehead atoms. The highest BCUT2D eigenvalue weighted by Gasteiger charge is 2.31. The molecule has 0 amide bonds. The first-order valence-electron chi connectivity index (χ1n) is 9.21. The van der Waals surface area contributed by atoms with Crippen LogP contribution in [0.15, 0.2) is 46.1 Å². The van der Waals surface area contributed by atoms with E-state index in [2.05, 4.69) is 9.65 Å². The Morgan fingerprint density at radius 1 is 1.28 bits per heavy atom. The molecule has 0 spiro atoms. The zero-order valence-corrected chi connectivity index (χ0v) is 17.6. The van der Waals surface area contributed by atoms with Crippen LogP contribution in [0.5, 0.6) is 0 Å². The van der Waals surface area contributed by atoms with Gasteiger partial charge in [-0.25, -0.2) is 9.59 Å². The number of nitrogens with zero attached hydrogens (tertiary/aromatic N) is 3. The van der Waals surface area contributed by atoms with Crippen LogP contribution in [0.4, 0.5) is 0 Å². The summed E-state index contributed by atoms with van der Waals surface area (Å²) in [5, 5.41) is 0. The predicted octanol–water partition coefficient (Wildman–Crippen LogP) is 0.972. The molecule has 1 fully saturated rings. The van der Waals surface area contributed by atoms with Gasteiger partial charge in [0.25, 0.3) is 5.56 Å². The van der Waals surface area contributed by atoms with Gasteiger partial charge in [-0.3, -0.25) is 23.7 Å². The number of aryl methyl sites for hydroxylation is 1. The summed E-state index contributed by atoms with van der Waals surface area (Å²) < 4.78 is 17.0. The van der Waals surface area contributed by atoms with Crippen LogP contribution < -0.4 is 11.2 Å². The number of hydrogen-bond donors (Lipinski definition) is 1. The monoisotopic (exact) mass is 420 g/mol. The molecule has 1 aromatic heterocycles. The molecule has 1 aromatic carbocycles. The number of aromatic amines is 1. The van der Waals surface area contributed by atoms with Crippen LogP contribution in [-0.2, 0) is 9.47 Å². The Kier molecular flexibility index (Phi) is 6.97. The van der Waals surface area contributed by atoms with E-state index >= 15 is 0 Å². The molecule has 0 radical (unpaired) electrons. The lowest BCUT2D eigenvalue weighted by molar-refractivity contribution is -0.120. The molecule has 1 saturated heterocycles. The van der Waals surface area contributed by atoms with Crippen molar-refractivity contribution in [1.29, 1.82) is 0 Å². The van der Waals surface area contributed by atoms with E-state index in [0.717, 1.165) is 0 Å². The van der Waals surface area contributed by atoms with Gasteiger partial charge in [0.1, 0.15) is 12.7 Å². The normalized spacial score (nSPS) is 20.4. The topological polar surface area (TPSA) is 96.9 Å². The van der Waals surface area contributed by atoms with Crippen LogP contribution in [0.2, 0.25) is 0 Å². The molecular formula is C19H25N4O5P. The van der Waals surface area contributed by atoms with Crippen LogP contribution in [0.25, 0.3) is 0 Å². The van der Waals surface area contributed by atoms with Crippen molar-refractivity contribution in [2.75, 3.05) is 33.8 Å². The summed E-state index contributed by atoms with van der Waals surface area (Å²) in [5.41, 5.74) is -0.0464. The largest absolute Gasteiger partial charge is 0.459 e. The fourth-order valence-electron chi connectivity index (χ4n) is 3.05. The minimum atomic E-state index is -0.598. The molecule has 3 rings (SSSR count). The summed E-state index contributed by atoms with van der Waals surface area (Å²) in [5.74, 6) is -0.421. The summed E-state index contributed by atoms with van der Waals surface area (Å²) in [6.45, 7) is 2.74. The number of rotatable bonds is 6. The number of aromatic nitrogens is 2. The molecule has 1 unspecified atom stereocenters. The van der Waals surface area contributed by atoms with Gasteiger partial charge >= 0.3 is 11.7 Å². The Morgan fingerprint density at radius 2 is 2.00 bits per heavy atom. The number of nitrogens with one attached hydrogen (secondary N) is 1. The van der Waals surface area contributed by atoms with Gasteiger partial charge in [0, 0.05) is 33.7 Å². The second kappa shape index (κ2) is 9.45. The molecule has 156 valence electrons. The maximum Gasteiger partial charge on any atom is 0.338 e. The molecule has 1 aliphatic heterocycles. The predicted molar refractivity (Wildman–Crippen MR) is 110 cm³/mol. The minimum absolute atomic E-state index is 0.0652. The third-order valence-corrected chi connectivity index (χ3v) is 5.41. The van der Waals surface area contributed by atoms with Gasteiger partial charge in [0.05, 0.1) is 5.56 Å². The summed E-state index contributed by atoms with van der Waals surface area (Å²) in [6, 6.07) is 8.75. The third-order valence-electron chi connectivity index (χ3n) is 4.36. The number of carbonyl (C=O) groups is 1. The van der Waals surface area contributed by atoms with Crippen LogP contribution in [0.3, 0.4) is 0 Å². The minimum Gasteiger partial charge on any atom is -0.459 e. The number of carbonyl (C=O) groups excluding carboxylic acids is 1. The Hall–Kier alpha value is -2.32. The standard InChI is InChI=1S/C19H25N4O5P/c1-13-9-23(19(26)20-17(13)24)16-11-22(29-21(2)3)10-15(28-16)12-27-18(25)14-7-5-4-6-8-14/h4-9,15-16,29H,10-12H2,1-3H3,(H,20,24,26)/t15-,16+/m0/s1. The highest BCUT2D eigenvalue weighted by molar-refractivity contribution is 7.32. The van der Waals surface area contributed by atoms with Crippen LogP contribution in [0, 0.1) is 6.92 Å². The van der Waals surface area contributed by atoms with E-state index in [4.69, 9.17) is 9.47 Å². The number of ether oxygens (including phenoxy) is 2. The summed E-state index contributed by atoms with van der Waals surface area (Å²) in [6.07, 6.45) is 0.494. The zero-order valence-electron chi connectivity index (χ0n) is 16.6. The van der Waals surface area contributed by atoms with E-state index in [9.17, 15) is 14.4 Å². The van der Waals surface area contributed by atoms with Crippen molar-refractivity contribution >= 4 is 14.9 Å². The van der Waals surface area contributed by atoms with Crippen LogP contribution in [0.1, 0.15) is 22.1 Å². The SMILES string of the molecule is Cc1cn([C@H]2CN(PN(C)C)C[C@@H](COC(=O)c3ccccc3)O2)c(=O)[nH]c1=O. The molecule has 3 atom stereocenters. The van der Waals surface area contributed by atoms with Crippen molar-refractivity contribution in [2.45, 2.75) is 19.3 Å². The number of H-pyrrole nitrogens is 1. The van der Waals surface area contributed by atoms with E-state index in [-0.39, 0.29) is 6.61 Å². The van der Waals surface area contributed by atoms with Gasteiger partial charge in [-0.1, -0.05) is 18.2 Å². The summed E-state index contributed by atoms with van der Waals surface area (Å²) in [4.78, 5) is 38.5. The van der Waals surface area contributed by atoms with Crippen molar-refractivity contribution < 1.29 is 14.3 Å². The van der Waals surface area contributed by atoms with Crippen LogP contribution in [-0.4, -0.2) is 64.8 Å². The van der Waals surface area contributed by atoms with Crippen LogP contribution >= 0.6 is 8.88 Å². The average Bonchev–Trinajstić information content (AvgIpc) is 2.69. The Balaban J connectivity index is 1.75. The zero-order chi connectivity index (χ0) is 21.0. The summed E-state index contributed by atoms with van der Waals surface area (Å²) >= 11 is 0. The molecule has 0 aliphatic carbocycles. The van der Waals surface area contributed by atoms with Gasteiger partial charge in [-0.15, -0.1) is 0 Å². The van der Waals surface area contributed by atoms with Gasteiger partial charge in [0.15, 0.2) is 6.23 Å². The fourth-order valence-corrected chi connectivity index (χ4v) is 4.14. The smallest absolute Gasteiger partial charge is 0.338 e. The van der Waals surface area contributed by atoms with Crippen molar-refractivity contribution in [1.82, 2.24) is 18.9 Å². The lowest BCUT2D eigenvalue weighted by Gasteiger charge is -2.39. The lowest BCUT2D eigenvalue weighted by Crippen LogP contribution is -2.48. The van der Waals surface area contributed by atoms with E-state index in [0.29, 0.717) is 33.1 Å². The molecular weight excluding hydrogens is 395 g/mol. The highest BCUT2D eigenvalue weighted by Crippen LogP contribution is 2.29. The second-order valence-corrected chi connectivity index (χ2v) is 8.78. The number of morpholine rings is 1. The lowest BCUT2D eigenvalue weighted by atomic mass is 10.2. The number of benzene rings is 1.